The lowest BCUT2D eigenvalue weighted by atomic mass is 10.0. The summed E-state index contributed by atoms with van der Waals surface area (Å²) < 4.78 is 17.2. The summed E-state index contributed by atoms with van der Waals surface area (Å²) in [6.07, 6.45) is 3.92. The molecule has 1 N–H and O–H groups in total. The molecule has 152 valence electrons. The smallest absolute Gasteiger partial charge is 0.203 e. The van der Waals surface area contributed by atoms with E-state index in [0.717, 1.165) is 32.3 Å². The second kappa shape index (κ2) is 8.51. The molecule has 4 nitrogen and oxygen atoms in total. The molecule has 0 saturated carbocycles. The van der Waals surface area contributed by atoms with Crippen LogP contribution in [-0.2, 0) is 0 Å². The van der Waals surface area contributed by atoms with Crippen LogP contribution >= 0.6 is 11.3 Å². The maximum atomic E-state index is 10.7. The minimum atomic E-state index is 0.275. The van der Waals surface area contributed by atoms with Crippen LogP contribution in [0.5, 0.6) is 23.0 Å². The summed E-state index contributed by atoms with van der Waals surface area (Å²) in [5.41, 5.74) is 3.96. The van der Waals surface area contributed by atoms with Crippen LogP contribution in [0.3, 0.4) is 0 Å². The maximum Gasteiger partial charge on any atom is 0.203 e. The van der Waals surface area contributed by atoms with Gasteiger partial charge in [-0.05, 0) is 46.3 Å². The molecule has 0 atom stereocenters. The SMILES string of the molecule is COc1cc(/C=C\c2cc(O)c3c(-c4ccccc4)csc3c2)cc(OC)c1OC. The van der Waals surface area contributed by atoms with Crippen molar-refractivity contribution in [3.8, 4) is 34.1 Å². The van der Waals surface area contributed by atoms with Crippen LogP contribution in [0.2, 0.25) is 0 Å². The van der Waals surface area contributed by atoms with E-state index in [4.69, 9.17) is 14.2 Å². The Morgan fingerprint density at radius 2 is 1.43 bits per heavy atom. The van der Waals surface area contributed by atoms with E-state index in [1.165, 1.54) is 0 Å². The molecule has 3 aromatic carbocycles. The van der Waals surface area contributed by atoms with E-state index in [0.29, 0.717) is 17.2 Å². The van der Waals surface area contributed by atoms with E-state index in [2.05, 4.69) is 23.6 Å². The highest BCUT2D eigenvalue weighted by atomic mass is 32.1. The van der Waals surface area contributed by atoms with Crippen molar-refractivity contribution >= 4 is 33.6 Å². The molecule has 4 rings (SSSR count). The van der Waals surface area contributed by atoms with Crippen LogP contribution in [-0.4, -0.2) is 26.4 Å². The molecule has 1 aromatic heterocycles. The Kier molecular flexibility index (Phi) is 5.63. The fraction of sp³-hybridized carbons (Fsp3) is 0.120. The monoisotopic (exact) mass is 418 g/mol. The predicted molar refractivity (Wildman–Crippen MR) is 124 cm³/mol. The van der Waals surface area contributed by atoms with Gasteiger partial charge in [0, 0.05) is 15.6 Å². The van der Waals surface area contributed by atoms with Crippen molar-refractivity contribution in [2.75, 3.05) is 21.3 Å². The number of phenolic OH excluding ortho intramolecular Hbond substituents is 1. The number of aromatic hydroxyl groups is 1. The van der Waals surface area contributed by atoms with Gasteiger partial charge in [-0.25, -0.2) is 0 Å². The van der Waals surface area contributed by atoms with Gasteiger partial charge in [0.25, 0.3) is 0 Å². The normalized spacial score (nSPS) is 11.2. The van der Waals surface area contributed by atoms with Gasteiger partial charge in [-0.2, -0.15) is 0 Å². The molecule has 1 heterocycles. The molecule has 0 aliphatic heterocycles. The third-order valence-electron chi connectivity index (χ3n) is 4.92. The summed E-state index contributed by atoms with van der Waals surface area (Å²) in [5.74, 6) is 2.03. The van der Waals surface area contributed by atoms with Gasteiger partial charge in [0.15, 0.2) is 11.5 Å². The lowest BCUT2D eigenvalue weighted by molar-refractivity contribution is 0.324. The zero-order valence-electron chi connectivity index (χ0n) is 17.0. The highest BCUT2D eigenvalue weighted by Crippen LogP contribution is 2.41. The van der Waals surface area contributed by atoms with Crippen molar-refractivity contribution in [2.45, 2.75) is 0 Å². The number of hydrogen-bond donors (Lipinski definition) is 1. The van der Waals surface area contributed by atoms with Gasteiger partial charge in [0.2, 0.25) is 5.75 Å². The zero-order valence-corrected chi connectivity index (χ0v) is 17.8. The lowest BCUT2D eigenvalue weighted by Crippen LogP contribution is -1.95. The maximum absolute atomic E-state index is 10.7. The summed E-state index contributed by atoms with van der Waals surface area (Å²) in [6, 6.07) is 17.7. The van der Waals surface area contributed by atoms with Crippen LogP contribution in [0.1, 0.15) is 11.1 Å². The third-order valence-corrected chi connectivity index (χ3v) is 5.85. The summed E-state index contributed by atoms with van der Waals surface area (Å²) >= 11 is 1.63. The molecule has 0 radical (unpaired) electrons. The first-order valence-electron chi connectivity index (χ1n) is 9.42. The molecule has 0 saturated heterocycles. The molecular formula is C25H22O4S. The van der Waals surface area contributed by atoms with Crippen molar-refractivity contribution < 1.29 is 19.3 Å². The third kappa shape index (κ3) is 3.72. The fourth-order valence-corrected chi connectivity index (χ4v) is 4.52. The van der Waals surface area contributed by atoms with Gasteiger partial charge < -0.3 is 19.3 Å². The van der Waals surface area contributed by atoms with Crippen LogP contribution in [0.25, 0.3) is 33.4 Å². The number of benzene rings is 3. The molecule has 30 heavy (non-hydrogen) atoms. The summed E-state index contributed by atoms with van der Waals surface area (Å²) in [6.45, 7) is 0. The van der Waals surface area contributed by atoms with E-state index in [-0.39, 0.29) is 5.75 Å². The van der Waals surface area contributed by atoms with Crippen molar-refractivity contribution in [3.63, 3.8) is 0 Å². The zero-order chi connectivity index (χ0) is 21.1. The van der Waals surface area contributed by atoms with Crippen molar-refractivity contribution in [1.29, 1.82) is 0 Å². The van der Waals surface area contributed by atoms with Crippen LogP contribution < -0.4 is 14.2 Å². The Labute approximate surface area is 179 Å². The Morgan fingerprint density at radius 3 is 2.03 bits per heavy atom. The second-order valence-electron chi connectivity index (χ2n) is 6.72. The summed E-state index contributed by atoms with van der Waals surface area (Å²) in [7, 11) is 4.77. The van der Waals surface area contributed by atoms with Gasteiger partial charge in [-0.1, -0.05) is 42.5 Å². The number of fused-ring (bicyclic) bond motifs is 1. The molecule has 4 aromatic rings. The molecule has 5 heteroatoms. The number of thiophene rings is 1. The van der Waals surface area contributed by atoms with Crippen LogP contribution in [0, 0.1) is 0 Å². The van der Waals surface area contributed by atoms with Gasteiger partial charge in [-0.3, -0.25) is 0 Å². The standard InChI is InChI=1S/C25H22O4S/c1-27-21-12-17(13-22(28-2)25(21)29-3)10-9-16-11-20(26)24-19(15-30-23(24)14-16)18-7-5-4-6-8-18/h4-15,26H,1-3H3/b10-9-. The average Bonchev–Trinajstić information content (AvgIpc) is 3.22. The number of ether oxygens (including phenoxy) is 3. The molecule has 0 unspecified atom stereocenters. The highest BCUT2D eigenvalue weighted by Gasteiger charge is 2.13. The highest BCUT2D eigenvalue weighted by molar-refractivity contribution is 7.17. The molecular weight excluding hydrogens is 396 g/mol. The van der Waals surface area contributed by atoms with Gasteiger partial charge in [-0.15, -0.1) is 11.3 Å². The molecule has 0 aliphatic carbocycles. The number of hydrogen-bond acceptors (Lipinski definition) is 5. The van der Waals surface area contributed by atoms with E-state index < -0.39 is 0 Å². The second-order valence-corrected chi connectivity index (χ2v) is 7.63. The Balaban J connectivity index is 1.71. The van der Waals surface area contributed by atoms with Gasteiger partial charge in [0.05, 0.1) is 21.3 Å². The number of methoxy groups -OCH3 is 3. The lowest BCUT2D eigenvalue weighted by Gasteiger charge is -2.12. The first-order valence-corrected chi connectivity index (χ1v) is 10.3. The molecule has 0 fully saturated rings. The largest absolute Gasteiger partial charge is 0.507 e. The van der Waals surface area contributed by atoms with Gasteiger partial charge >= 0.3 is 0 Å². The molecule has 0 amide bonds. The summed E-state index contributed by atoms with van der Waals surface area (Å²) in [5, 5.41) is 13.7. The fourth-order valence-electron chi connectivity index (χ4n) is 3.48. The van der Waals surface area contributed by atoms with E-state index in [1.807, 2.05) is 42.5 Å². The molecule has 0 aliphatic rings. The Hall–Kier alpha value is -3.44. The van der Waals surface area contributed by atoms with Gasteiger partial charge in [0.1, 0.15) is 5.75 Å². The minimum Gasteiger partial charge on any atom is -0.507 e. The quantitative estimate of drug-likeness (QED) is 0.365. The topological polar surface area (TPSA) is 47.9 Å². The van der Waals surface area contributed by atoms with Crippen molar-refractivity contribution in [2.24, 2.45) is 0 Å². The number of rotatable bonds is 6. The average molecular weight is 419 g/mol. The van der Waals surface area contributed by atoms with E-state index in [1.54, 1.807) is 38.7 Å². The Bertz CT molecular complexity index is 1180. The predicted octanol–water partition coefficient (Wildman–Crippen LogP) is 6.47. The summed E-state index contributed by atoms with van der Waals surface area (Å²) in [4.78, 5) is 0. The van der Waals surface area contributed by atoms with Crippen molar-refractivity contribution in [3.05, 3.63) is 71.1 Å². The molecule has 0 bridgehead atoms. The first kappa shape index (κ1) is 19.9. The van der Waals surface area contributed by atoms with Crippen molar-refractivity contribution in [1.82, 2.24) is 0 Å². The van der Waals surface area contributed by atoms with E-state index in [9.17, 15) is 5.11 Å². The Morgan fingerprint density at radius 1 is 0.800 bits per heavy atom. The van der Waals surface area contributed by atoms with E-state index >= 15 is 0 Å². The number of phenols is 1. The minimum absolute atomic E-state index is 0.275. The van der Waals surface area contributed by atoms with Crippen LogP contribution in [0.15, 0.2) is 60.0 Å². The first-order chi connectivity index (χ1) is 14.6. The van der Waals surface area contributed by atoms with Crippen LogP contribution in [0.4, 0.5) is 0 Å². The molecule has 0 spiro atoms.